The van der Waals surface area contributed by atoms with E-state index in [0.29, 0.717) is 5.82 Å². The number of nitrogens with zero attached hydrogens (tertiary/aromatic N) is 2. The van der Waals surface area contributed by atoms with Gasteiger partial charge >= 0.3 is 0 Å². The van der Waals surface area contributed by atoms with Crippen LogP contribution in [0.3, 0.4) is 0 Å². The molecule has 2 N–H and O–H groups in total. The van der Waals surface area contributed by atoms with E-state index in [1.54, 1.807) is 0 Å². The summed E-state index contributed by atoms with van der Waals surface area (Å²) in [6, 6.07) is 0. The molecule has 78 valence electrons. The van der Waals surface area contributed by atoms with Crippen LogP contribution in [0.5, 0.6) is 0 Å². The maximum absolute atomic E-state index is 5.84. The van der Waals surface area contributed by atoms with Crippen molar-refractivity contribution in [1.29, 1.82) is 0 Å². The molecule has 0 saturated heterocycles. The van der Waals surface area contributed by atoms with E-state index in [4.69, 9.17) is 5.73 Å². The zero-order valence-corrected chi connectivity index (χ0v) is 11.2. The van der Waals surface area contributed by atoms with Gasteiger partial charge in [-0.05, 0) is 22.6 Å². The molecule has 1 heterocycles. The van der Waals surface area contributed by atoms with Crippen LogP contribution in [0.25, 0.3) is 0 Å². The molecule has 1 rings (SSSR count). The van der Waals surface area contributed by atoms with Gasteiger partial charge in [-0.2, -0.15) is 0 Å². The van der Waals surface area contributed by atoms with Crippen molar-refractivity contribution in [2.24, 2.45) is 0 Å². The van der Waals surface area contributed by atoms with Crippen LogP contribution in [0.2, 0.25) is 0 Å². The minimum atomic E-state index is 0.0253. The Hall–Kier alpha value is -0.390. The summed E-state index contributed by atoms with van der Waals surface area (Å²) in [7, 11) is 0. The topological polar surface area (TPSA) is 51.8 Å². The highest BCUT2D eigenvalue weighted by molar-refractivity contribution is 14.1. The van der Waals surface area contributed by atoms with Crippen molar-refractivity contribution in [3.05, 3.63) is 15.1 Å². The molecule has 1 aromatic rings. The zero-order valence-electron chi connectivity index (χ0n) is 9.06. The minimum absolute atomic E-state index is 0.0253. The molecule has 0 atom stereocenters. The lowest BCUT2D eigenvalue weighted by Crippen LogP contribution is -2.19. The molecule has 3 nitrogen and oxygen atoms in total. The van der Waals surface area contributed by atoms with Gasteiger partial charge in [0.25, 0.3) is 0 Å². The van der Waals surface area contributed by atoms with Gasteiger partial charge < -0.3 is 5.73 Å². The zero-order chi connectivity index (χ0) is 10.9. The van der Waals surface area contributed by atoms with E-state index in [2.05, 4.69) is 53.3 Å². The Morgan fingerprint density at radius 1 is 1.29 bits per heavy atom. The quantitative estimate of drug-likeness (QED) is 0.811. The van der Waals surface area contributed by atoms with Gasteiger partial charge in [-0.1, -0.05) is 27.7 Å². The van der Waals surface area contributed by atoms with E-state index in [-0.39, 0.29) is 5.41 Å². The van der Waals surface area contributed by atoms with E-state index in [0.717, 1.165) is 21.5 Å². The van der Waals surface area contributed by atoms with Crippen LogP contribution < -0.4 is 5.73 Å². The van der Waals surface area contributed by atoms with Gasteiger partial charge in [0.2, 0.25) is 0 Å². The van der Waals surface area contributed by atoms with Crippen LogP contribution >= 0.6 is 22.6 Å². The Labute approximate surface area is 98.7 Å². The number of hydrogen-bond acceptors (Lipinski definition) is 3. The highest BCUT2D eigenvalue weighted by Crippen LogP contribution is 2.27. The van der Waals surface area contributed by atoms with Crippen LogP contribution in [-0.2, 0) is 11.8 Å². The Morgan fingerprint density at radius 3 is 2.29 bits per heavy atom. The SMILES string of the molecule is CCc1nc(N)c(I)c(C(C)(C)C)n1. The molecule has 0 amide bonds. The summed E-state index contributed by atoms with van der Waals surface area (Å²) in [6.45, 7) is 8.44. The summed E-state index contributed by atoms with van der Waals surface area (Å²) in [4.78, 5) is 8.75. The van der Waals surface area contributed by atoms with E-state index in [1.165, 1.54) is 0 Å². The summed E-state index contributed by atoms with van der Waals surface area (Å²) in [6.07, 6.45) is 0.824. The van der Waals surface area contributed by atoms with Crippen LogP contribution in [0.4, 0.5) is 5.82 Å². The number of aromatic nitrogens is 2. The van der Waals surface area contributed by atoms with Crippen LogP contribution in [0.1, 0.15) is 39.2 Å². The average molecular weight is 305 g/mol. The highest BCUT2D eigenvalue weighted by Gasteiger charge is 2.21. The number of rotatable bonds is 1. The van der Waals surface area contributed by atoms with Crippen molar-refractivity contribution in [3.8, 4) is 0 Å². The molecule has 1 aromatic heterocycles. The Bertz CT molecular complexity index is 342. The fraction of sp³-hybridized carbons (Fsp3) is 0.600. The van der Waals surface area contributed by atoms with E-state index < -0.39 is 0 Å². The lowest BCUT2D eigenvalue weighted by Gasteiger charge is -2.20. The van der Waals surface area contributed by atoms with Gasteiger partial charge in [0, 0.05) is 11.8 Å². The molecule has 14 heavy (non-hydrogen) atoms. The Balaban J connectivity index is 3.35. The standard InChI is InChI=1S/C10H16IN3/c1-5-6-13-8(10(2,3)4)7(11)9(12)14-6/h5H2,1-4H3,(H2,12,13,14). The summed E-state index contributed by atoms with van der Waals surface area (Å²) in [5.41, 5.74) is 6.90. The van der Waals surface area contributed by atoms with Crippen LogP contribution in [-0.4, -0.2) is 9.97 Å². The normalized spacial score (nSPS) is 11.8. The van der Waals surface area contributed by atoms with Gasteiger partial charge in [-0.25, -0.2) is 9.97 Å². The van der Waals surface area contributed by atoms with Crippen molar-refractivity contribution in [2.75, 3.05) is 5.73 Å². The van der Waals surface area contributed by atoms with Gasteiger partial charge in [0.1, 0.15) is 11.6 Å². The monoisotopic (exact) mass is 305 g/mol. The lowest BCUT2D eigenvalue weighted by molar-refractivity contribution is 0.559. The average Bonchev–Trinajstić information content (AvgIpc) is 2.07. The fourth-order valence-electron chi connectivity index (χ4n) is 1.17. The van der Waals surface area contributed by atoms with Crippen molar-refractivity contribution in [1.82, 2.24) is 9.97 Å². The number of aryl methyl sites for hydroxylation is 1. The molecular formula is C10H16IN3. The molecule has 0 saturated carbocycles. The van der Waals surface area contributed by atoms with Crippen molar-refractivity contribution in [2.45, 2.75) is 39.5 Å². The second-order valence-electron chi connectivity index (χ2n) is 4.29. The summed E-state index contributed by atoms with van der Waals surface area (Å²) >= 11 is 2.21. The summed E-state index contributed by atoms with van der Waals surface area (Å²) in [5.74, 6) is 1.43. The van der Waals surface area contributed by atoms with E-state index >= 15 is 0 Å². The molecule has 0 fully saturated rings. The first-order chi connectivity index (χ1) is 6.36. The van der Waals surface area contributed by atoms with E-state index in [1.807, 2.05) is 6.92 Å². The van der Waals surface area contributed by atoms with Gasteiger partial charge in [-0.15, -0.1) is 0 Å². The first kappa shape index (κ1) is 11.7. The van der Waals surface area contributed by atoms with Crippen molar-refractivity contribution in [3.63, 3.8) is 0 Å². The number of halogens is 1. The predicted molar refractivity (Wildman–Crippen MR) is 67.2 cm³/mol. The van der Waals surface area contributed by atoms with Crippen LogP contribution in [0.15, 0.2) is 0 Å². The molecule has 0 unspecified atom stereocenters. The van der Waals surface area contributed by atoms with Gasteiger partial charge in [-0.3, -0.25) is 0 Å². The summed E-state index contributed by atoms with van der Waals surface area (Å²) < 4.78 is 0.979. The molecule has 0 aliphatic carbocycles. The molecule has 0 aliphatic heterocycles. The first-order valence-electron chi connectivity index (χ1n) is 4.68. The maximum atomic E-state index is 5.84. The third-order valence-corrected chi connectivity index (χ3v) is 3.01. The number of nitrogens with two attached hydrogens (primary N) is 1. The Morgan fingerprint density at radius 2 is 1.86 bits per heavy atom. The molecule has 0 spiro atoms. The summed E-state index contributed by atoms with van der Waals surface area (Å²) in [5, 5.41) is 0. The second-order valence-corrected chi connectivity index (χ2v) is 5.37. The largest absolute Gasteiger partial charge is 0.383 e. The number of hydrogen-bond donors (Lipinski definition) is 1. The predicted octanol–water partition coefficient (Wildman–Crippen LogP) is 2.52. The third kappa shape index (κ3) is 2.34. The number of anilines is 1. The molecule has 0 aromatic carbocycles. The molecule has 0 radical (unpaired) electrons. The van der Waals surface area contributed by atoms with Gasteiger partial charge in [0.15, 0.2) is 0 Å². The van der Waals surface area contributed by atoms with Crippen molar-refractivity contribution < 1.29 is 0 Å². The Kier molecular flexibility index (Phi) is 3.34. The van der Waals surface area contributed by atoms with E-state index in [9.17, 15) is 0 Å². The second kappa shape index (κ2) is 4.00. The minimum Gasteiger partial charge on any atom is -0.383 e. The highest BCUT2D eigenvalue weighted by atomic mass is 127. The van der Waals surface area contributed by atoms with Crippen LogP contribution in [0, 0.1) is 3.57 Å². The third-order valence-electron chi connectivity index (χ3n) is 1.95. The maximum Gasteiger partial charge on any atom is 0.140 e. The fourth-order valence-corrected chi connectivity index (χ4v) is 2.22. The van der Waals surface area contributed by atoms with Crippen molar-refractivity contribution >= 4 is 28.4 Å². The van der Waals surface area contributed by atoms with Gasteiger partial charge in [0.05, 0.1) is 9.26 Å². The smallest absolute Gasteiger partial charge is 0.140 e. The molecule has 4 heteroatoms. The molecule has 0 aliphatic rings. The number of nitrogen functional groups attached to an aromatic ring is 1. The lowest BCUT2D eigenvalue weighted by atomic mass is 9.92. The first-order valence-corrected chi connectivity index (χ1v) is 5.76. The molecule has 0 bridgehead atoms. The molecular weight excluding hydrogens is 289 g/mol.